The van der Waals surface area contributed by atoms with Crippen molar-refractivity contribution in [2.45, 2.75) is 32.1 Å². The summed E-state index contributed by atoms with van der Waals surface area (Å²) < 4.78 is 34.3. The molecular weight excluding hydrogens is 653 g/mol. The molecule has 46 heavy (non-hydrogen) atoms. The van der Waals surface area contributed by atoms with Crippen LogP contribution in [0.15, 0.2) is 97.7 Å². The molecule has 12 heteroatoms. The highest BCUT2D eigenvalue weighted by Gasteiger charge is 2.59. The molecule has 232 valence electrons. The molecule has 3 aromatic carbocycles. The minimum absolute atomic E-state index is 0.203. The maximum atomic E-state index is 13.3. The topological polar surface area (TPSA) is 81.9 Å². The molecule has 2 unspecified atom stereocenters. The summed E-state index contributed by atoms with van der Waals surface area (Å²) >= 11 is 18.6. The molecule has 0 spiro atoms. The van der Waals surface area contributed by atoms with Crippen molar-refractivity contribution in [1.29, 1.82) is 0 Å². The summed E-state index contributed by atoms with van der Waals surface area (Å²) in [5.74, 6) is -0.575. The minimum Gasteiger partial charge on any atom is -0.354 e. The van der Waals surface area contributed by atoms with E-state index in [2.05, 4.69) is 25.3 Å². The lowest BCUT2D eigenvalue weighted by Gasteiger charge is -2.15. The van der Waals surface area contributed by atoms with Gasteiger partial charge in [0.05, 0.1) is 33.7 Å². The summed E-state index contributed by atoms with van der Waals surface area (Å²) in [4.78, 5) is 8.32. The molecule has 0 amide bonds. The molecule has 1 aliphatic heterocycles. The second-order valence-electron chi connectivity index (χ2n) is 10.6. The predicted molar refractivity (Wildman–Crippen MR) is 174 cm³/mol. The second kappa shape index (κ2) is 13.2. The third-order valence-electron chi connectivity index (χ3n) is 7.58. The van der Waals surface area contributed by atoms with Gasteiger partial charge in [-0.05, 0) is 61.4 Å². The summed E-state index contributed by atoms with van der Waals surface area (Å²) in [6.45, 7) is 4.16. The highest BCUT2D eigenvalue weighted by atomic mass is 35.5. The number of aryl methyl sites for hydroxylation is 2. The molecule has 1 saturated heterocycles. The highest BCUT2D eigenvalue weighted by molar-refractivity contribution is 6.36. The molecule has 3 aromatic heterocycles. The number of nitrogens with zero attached hydrogens (tertiary/aromatic N) is 6. The van der Waals surface area contributed by atoms with Crippen LogP contribution >= 0.6 is 34.8 Å². The summed E-state index contributed by atoms with van der Waals surface area (Å²) in [6.07, 6.45) is 4.44. The Kier molecular flexibility index (Phi) is 9.11. The lowest BCUT2D eigenvalue weighted by Crippen LogP contribution is -2.19. The van der Waals surface area contributed by atoms with Crippen molar-refractivity contribution in [2.24, 2.45) is 0 Å². The van der Waals surface area contributed by atoms with E-state index in [0.29, 0.717) is 38.7 Å². The lowest BCUT2D eigenvalue weighted by atomic mass is 9.91. The monoisotopic (exact) mass is 676 g/mol. The van der Waals surface area contributed by atoms with Crippen molar-refractivity contribution in [1.82, 2.24) is 29.9 Å². The average molecular weight is 678 g/mol. The van der Waals surface area contributed by atoms with Gasteiger partial charge in [-0.2, -0.15) is 15.3 Å². The molecule has 0 bridgehead atoms. The smallest absolute Gasteiger partial charge is 0.144 e. The number of epoxide rings is 1. The first-order valence-electron chi connectivity index (χ1n) is 14.1. The number of pyridine rings is 1. The van der Waals surface area contributed by atoms with Crippen LogP contribution in [0.2, 0.25) is 15.1 Å². The fourth-order valence-corrected chi connectivity index (χ4v) is 6.08. The fraction of sp³-hybridized carbons (Fsp3) is 0.147. The zero-order valence-electron chi connectivity index (χ0n) is 24.5. The van der Waals surface area contributed by atoms with E-state index in [1.807, 2.05) is 38.1 Å². The zero-order chi connectivity index (χ0) is 32.4. The fourth-order valence-electron chi connectivity index (χ4n) is 5.37. The van der Waals surface area contributed by atoms with Gasteiger partial charge in [0.25, 0.3) is 0 Å². The van der Waals surface area contributed by atoms with Gasteiger partial charge >= 0.3 is 0 Å². The number of rotatable bonds is 6. The van der Waals surface area contributed by atoms with Gasteiger partial charge in [-0.25, -0.2) is 18.4 Å². The number of hydrogen-bond acceptors (Lipinski definition) is 6. The number of aromatic nitrogens is 6. The molecule has 7 nitrogen and oxygen atoms in total. The highest BCUT2D eigenvalue weighted by Crippen LogP contribution is 2.59. The number of ether oxygens (including phenoxy) is 1. The summed E-state index contributed by atoms with van der Waals surface area (Å²) in [5, 5.41) is 14.0. The first kappa shape index (κ1) is 31.7. The quantitative estimate of drug-likeness (QED) is 0.164. The molecule has 0 saturated carbocycles. The molecular formula is C34H25Cl3F2N6O. The van der Waals surface area contributed by atoms with E-state index in [1.54, 1.807) is 41.3 Å². The van der Waals surface area contributed by atoms with E-state index in [-0.39, 0.29) is 17.7 Å². The third-order valence-corrected chi connectivity index (χ3v) is 8.42. The second-order valence-corrected chi connectivity index (χ2v) is 11.9. The van der Waals surface area contributed by atoms with Crippen LogP contribution in [0, 0.1) is 25.5 Å². The Balaban J connectivity index is 0.000000162. The van der Waals surface area contributed by atoms with Gasteiger partial charge in [0.1, 0.15) is 36.0 Å². The van der Waals surface area contributed by atoms with Crippen LogP contribution in [0.25, 0.3) is 22.4 Å². The number of halogens is 5. The van der Waals surface area contributed by atoms with E-state index in [4.69, 9.17) is 39.5 Å². The van der Waals surface area contributed by atoms with Gasteiger partial charge in [-0.15, -0.1) is 0 Å². The average Bonchev–Trinajstić information content (AvgIpc) is 3.51. The van der Waals surface area contributed by atoms with Crippen LogP contribution in [0.3, 0.4) is 0 Å². The van der Waals surface area contributed by atoms with Crippen molar-refractivity contribution in [2.75, 3.05) is 0 Å². The van der Waals surface area contributed by atoms with E-state index in [9.17, 15) is 8.78 Å². The number of benzene rings is 3. The van der Waals surface area contributed by atoms with Crippen LogP contribution in [0.1, 0.15) is 28.6 Å². The van der Waals surface area contributed by atoms with Crippen molar-refractivity contribution in [3.63, 3.8) is 0 Å². The molecule has 1 fully saturated rings. The van der Waals surface area contributed by atoms with Gasteiger partial charge < -0.3 is 4.74 Å². The Morgan fingerprint density at radius 2 is 1.48 bits per heavy atom. The van der Waals surface area contributed by atoms with E-state index >= 15 is 0 Å². The Labute approximate surface area is 278 Å². The molecule has 0 N–H and O–H groups in total. The standard InChI is InChI=1S/C17H12Cl2FN3.C17H13ClFN3O/c1-9-15(11-3-5-13(20)6-4-11)16(10(2)23-22-9)17-14(19)7-12(18)8-21-17;18-15-4-2-1-3-14(15)16-17(23-16,9-22-11-20-10-21-22)12-5-7-13(19)8-6-12/h3-8H,1-2H3;1-8,10-11,16H,9H2. The van der Waals surface area contributed by atoms with Crippen molar-refractivity contribution < 1.29 is 13.5 Å². The lowest BCUT2D eigenvalue weighted by molar-refractivity contribution is 0.262. The summed E-state index contributed by atoms with van der Waals surface area (Å²) in [5.41, 5.74) is 5.58. The van der Waals surface area contributed by atoms with Crippen molar-refractivity contribution in [3.8, 4) is 22.4 Å². The molecule has 2 atom stereocenters. The predicted octanol–water partition coefficient (Wildman–Crippen LogP) is 9.01. The van der Waals surface area contributed by atoms with Gasteiger partial charge in [-0.3, -0.25) is 4.98 Å². The summed E-state index contributed by atoms with van der Waals surface area (Å²) in [7, 11) is 0. The first-order valence-corrected chi connectivity index (χ1v) is 15.2. The normalized spacial score (nSPS) is 16.9. The number of hydrogen-bond donors (Lipinski definition) is 0. The van der Waals surface area contributed by atoms with Gasteiger partial charge in [-0.1, -0.05) is 77.3 Å². The van der Waals surface area contributed by atoms with Crippen molar-refractivity contribution in [3.05, 3.63) is 147 Å². The minimum atomic E-state index is -0.619. The molecule has 0 radical (unpaired) electrons. The molecule has 6 aromatic rings. The molecule has 7 rings (SSSR count). The Hall–Kier alpha value is -4.28. The van der Waals surface area contributed by atoms with E-state index in [0.717, 1.165) is 27.8 Å². The Morgan fingerprint density at radius 3 is 2.11 bits per heavy atom. The molecule has 4 heterocycles. The van der Waals surface area contributed by atoms with Crippen LogP contribution in [0.5, 0.6) is 0 Å². The van der Waals surface area contributed by atoms with Gasteiger partial charge in [0.15, 0.2) is 0 Å². The SMILES string of the molecule is Cc1nnc(C)c(-c2ncc(Cl)cc2Cl)c1-c1ccc(F)cc1.Fc1ccc(C2(Cn3cncn3)OC2c2ccccc2Cl)cc1. The zero-order valence-corrected chi connectivity index (χ0v) is 26.8. The van der Waals surface area contributed by atoms with Crippen LogP contribution in [-0.4, -0.2) is 29.9 Å². The third kappa shape index (κ3) is 6.50. The van der Waals surface area contributed by atoms with Crippen LogP contribution < -0.4 is 0 Å². The molecule has 1 aliphatic rings. The summed E-state index contributed by atoms with van der Waals surface area (Å²) in [6, 6.07) is 21.8. The van der Waals surface area contributed by atoms with Gasteiger partial charge in [0, 0.05) is 27.9 Å². The molecule has 0 aliphatic carbocycles. The first-order chi connectivity index (χ1) is 22.2. The Bertz CT molecular complexity index is 1990. The van der Waals surface area contributed by atoms with Gasteiger partial charge in [0.2, 0.25) is 0 Å². The van der Waals surface area contributed by atoms with E-state index in [1.165, 1.54) is 36.8 Å². The van der Waals surface area contributed by atoms with Crippen LogP contribution in [0.4, 0.5) is 8.78 Å². The van der Waals surface area contributed by atoms with Crippen molar-refractivity contribution >= 4 is 34.8 Å². The maximum absolute atomic E-state index is 13.3. The maximum Gasteiger partial charge on any atom is 0.144 e. The van der Waals surface area contributed by atoms with E-state index < -0.39 is 5.60 Å². The van der Waals surface area contributed by atoms with Crippen LogP contribution in [-0.2, 0) is 16.9 Å². The Morgan fingerprint density at radius 1 is 0.826 bits per heavy atom. The largest absolute Gasteiger partial charge is 0.354 e.